The molecule has 3 N–H and O–H groups in total. The Labute approximate surface area is 94.0 Å². The van der Waals surface area contributed by atoms with E-state index < -0.39 is 0 Å². The topological polar surface area (TPSA) is 60.2 Å². The first-order valence-corrected chi connectivity index (χ1v) is 5.41. The lowest BCUT2D eigenvalue weighted by Gasteiger charge is -2.25. The Morgan fingerprint density at radius 3 is 3.06 bits per heavy atom. The molecule has 1 saturated heterocycles. The van der Waals surface area contributed by atoms with Gasteiger partial charge in [0.1, 0.15) is 5.82 Å². The standard InChI is InChI=1S/C11H16FN3O/c1-7-8(3-5-16-7)11(15-13)9-2-4-14-6-10(9)12/h2,4,6-8,11,15H,3,5,13H2,1H3. The second-order valence-electron chi connectivity index (χ2n) is 4.07. The molecule has 1 aromatic rings. The highest BCUT2D eigenvalue weighted by Crippen LogP contribution is 2.33. The summed E-state index contributed by atoms with van der Waals surface area (Å²) in [5, 5.41) is 0. The molecule has 0 aliphatic carbocycles. The summed E-state index contributed by atoms with van der Waals surface area (Å²) in [5.41, 5.74) is 3.24. The van der Waals surface area contributed by atoms with Gasteiger partial charge in [0.15, 0.2) is 0 Å². The average molecular weight is 225 g/mol. The molecule has 3 unspecified atom stereocenters. The Hall–Kier alpha value is -1.04. The molecule has 1 aliphatic rings. The van der Waals surface area contributed by atoms with E-state index in [0.29, 0.717) is 12.2 Å². The molecule has 5 heteroatoms. The molecule has 1 aliphatic heterocycles. The number of nitrogens with two attached hydrogens (primary N) is 1. The second kappa shape index (κ2) is 4.86. The summed E-state index contributed by atoms with van der Waals surface area (Å²) in [4.78, 5) is 3.73. The fourth-order valence-corrected chi connectivity index (χ4v) is 2.27. The summed E-state index contributed by atoms with van der Waals surface area (Å²) in [6.07, 6.45) is 3.76. The third-order valence-electron chi connectivity index (χ3n) is 3.18. The summed E-state index contributed by atoms with van der Waals surface area (Å²) in [5.74, 6) is 5.39. The number of pyridine rings is 1. The van der Waals surface area contributed by atoms with E-state index >= 15 is 0 Å². The fraction of sp³-hybridized carbons (Fsp3) is 0.545. The maximum absolute atomic E-state index is 13.6. The molecular formula is C11H16FN3O. The number of rotatable bonds is 3. The molecule has 1 fully saturated rings. The first-order chi connectivity index (χ1) is 7.74. The monoisotopic (exact) mass is 225 g/mol. The number of aromatic nitrogens is 1. The zero-order chi connectivity index (χ0) is 11.5. The van der Waals surface area contributed by atoms with Crippen molar-refractivity contribution in [1.82, 2.24) is 10.4 Å². The molecule has 0 spiro atoms. The van der Waals surface area contributed by atoms with Crippen molar-refractivity contribution < 1.29 is 9.13 Å². The molecule has 3 atom stereocenters. The van der Waals surface area contributed by atoms with Gasteiger partial charge in [-0.15, -0.1) is 0 Å². The van der Waals surface area contributed by atoms with E-state index in [1.165, 1.54) is 6.20 Å². The van der Waals surface area contributed by atoms with Gasteiger partial charge < -0.3 is 4.74 Å². The minimum absolute atomic E-state index is 0.0913. The lowest BCUT2D eigenvalue weighted by molar-refractivity contribution is 0.0949. The number of ether oxygens (including phenoxy) is 1. The van der Waals surface area contributed by atoms with Gasteiger partial charge >= 0.3 is 0 Å². The van der Waals surface area contributed by atoms with Crippen LogP contribution in [0.2, 0.25) is 0 Å². The van der Waals surface area contributed by atoms with Gasteiger partial charge in [-0.3, -0.25) is 16.3 Å². The zero-order valence-electron chi connectivity index (χ0n) is 9.19. The molecule has 0 saturated carbocycles. The van der Waals surface area contributed by atoms with Gasteiger partial charge in [-0.05, 0) is 19.4 Å². The number of nitrogens with one attached hydrogen (secondary N) is 1. The van der Waals surface area contributed by atoms with Crippen molar-refractivity contribution in [3.63, 3.8) is 0 Å². The Bertz CT molecular complexity index is 361. The van der Waals surface area contributed by atoms with Crippen molar-refractivity contribution in [1.29, 1.82) is 0 Å². The van der Waals surface area contributed by atoms with E-state index in [1.54, 1.807) is 12.3 Å². The van der Waals surface area contributed by atoms with Gasteiger partial charge in [-0.2, -0.15) is 0 Å². The lowest BCUT2D eigenvalue weighted by atomic mass is 9.89. The van der Waals surface area contributed by atoms with Gasteiger partial charge in [-0.1, -0.05) is 0 Å². The molecule has 16 heavy (non-hydrogen) atoms. The summed E-state index contributed by atoms with van der Waals surface area (Å²) < 4.78 is 19.1. The van der Waals surface area contributed by atoms with Crippen molar-refractivity contribution in [3.05, 3.63) is 29.8 Å². The molecule has 88 valence electrons. The van der Waals surface area contributed by atoms with Crippen LogP contribution < -0.4 is 11.3 Å². The normalized spacial score (nSPS) is 26.9. The predicted octanol–water partition coefficient (Wildman–Crippen LogP) is 1.15. The molecule has 0 bridgehead atoms. The van der Waals surface area contributed by atoms with E-state index in [0.717, 1.165) is 6.42 Å². The van der Waals surface area contributed by atoms with E-state index in [9.17, 15) is 4.39 Å². The minimum Gasteiger partial charge on any atom is -0.378 e. The van der Waals surface area contributed by atoms with E-state index in [-0.39, 0.29) is 23.9 Å². The quantitative estimate of drug-likeness (QED) is 0.598. The Kier molecular flexibility index (Phi) is 3.48. The second-order valence-corrected chi connectivity index (χ2v) is 4.07. The van der Waals surface area contributed by atoms with Crippen LogP contribution in [0.5, 0.6) is 0 Å². The van der Waals surface area contributed by atoms with Crippen LogP contribution in [-0.2, 0) is 4.74 Å². The molecule has 0 aromatic carbocycles. The third-order valence-corrected chi connectivity index (χ3v) is 3.18. The first kappa shape index (κ1) is 11.4. The Morgan fingerprint density at radius 1 is 1.69 bits per heavy atom. The van der Waals surface area contributed by atoms with Crippen molar-refractivity contribution >= 4 is 0 Å². The van der Waals surface area contributed by atoms with Crippen LogP contribution in [0, 0.1) is 11.7 Å². The van der Waals surface area contributed by atoms with Gasteiger partial charge in [0.25, 0.3) is 0 Å². The van der Waals surface area contributed by atoms with Gasteiger partial charge in [0.2, 0.25) is 0 Å². The smallest absolute Gasteiger partial charge is 0.146 e. The average Bonchev–Trinajstić information content (AvgIpc) is 2.69. The molecular weight excluding hydrogens is 209 g/mol. The largest absolute Gasteiger partial charge is 0.378 e. The highest BCUT2D eigenvalue weighted by molar-refractivity contribution is 5.19. The molecule has 2 heterocycles. The summed E-state index contributed by atoms with van der Waals surface area (Å²) in [6, 6.07) is 1.44. The van der Waals surface area contributed by atoms with Crippen LogP contribution in [0.3, 0.4) is 0 Å². The molecule has 0 radical (unpaired) electrons. The zero-order valence-corrected chi connectivity index (χ0v) is 9.19. The number of nitrogens with zero attached hydrogens (tertiary/aromatic N) is 1. The van der Waals surface area contributed by atoms with Crippen molar-refractivity contribution in [2.75, 3.05) is 6.61 Å². The maximum atomic E-state index is 13.6. The number of hydrogen-bond donors (Lipinski definition) is 2. The fourth-order valence-electron chi connectivity index (χ4n) is 2.27. The third kappa shape index (κ3) is 2.07. The van der Waals surface area contributed by atoms with Crippen molar-refractivity contribution in [2.45, 2.75) is 25.5 Å². The first-order valence-electron chi connectivity index (χ1n) is 5.41. The van der Waals surface area contributed by atoms with Crippen LogP contribution >= 0.6 is 0 Å². The molecule has 2 rings (SSSR count). The van der Waals surface area contributed by atoms with E-state index in [4.69, 9.17) is 10.6 Å². The van der Waals surface area contributed by atoms with Crippen LogP contribution in [-0.4, -0.2) is 17.7 Å². The number of hydrazine groups is 1. The molecule has 0 amide bonds. The van der Waals surface area contributed by atoms with Gasteiger partial charge in [-0.25, -0.2) is 4.39 Å². The SMILES string of the molecule is CC1OCCC1C(NN)c1ccncc1F. The molecule has 4 nitrogen and oxygen atoms in total. The predicted molar refractivity (Wildman–Crippen MR) is 57.8 cm³/mol. The Balaban J connectivity index is 2.25. The highest BCUT2D eigenvalue weighted by atomic mass is 19.1. The summed E-state index contributed by atoms with van der Waals surface area (Å²) >= 11 is 0. The van der Waals surface area contributed by atoms with Gasteiger partial charge in [0.05, 0.1) is 18.3 Å². The van der Waals surface area contributed by atoms with Crippen LogP contribution in [0.15, 0.2) is 18.5 Å². The van der Waals surface area contributed by atoms with Crippen LogP contribution in [0.4, 0.5) is 4.39 Å². The maximum Gasteiger partial charge on any atom is 0.146 e. The van der Waals surface area contributed by atoms with Crippen LogP contribution in [0.1, 0.15) is 24.9 Å². The number of hydrogen-bond acceptors (Lipinski definition) is 4. The number of halogens is 1. The van der Waals surface area contributed by atoms with E-state index in [1.807, 2.05) is 6.92 Å². The van der Waals surface area contributed by atoms with Crippen molar-refractivity contribution in [2.24, 2.45) is 11.8 Å². The van der Waals surface area contributed by atoms with Crippen molar-refractivity contribution in [3.8, 4) is 0 Å². The minimum atomic E-state index is -0.329. The summed E-state index contributed by atoms with van der Waals surface area (Å²) in [6.45, 7) is 2.69. The molecule has 1 aromatic heterocycles. The Morgan fingerprint density at radius 2 is 2.50 bits per heavy atom. The highest BCUT2D eigenvalue weighted by Gasteiger charge is 2.33. The van der Waals surface area contributed by atoms with Crippen LogP contribution in [0.25, 0.3) is 0 Å². The summed E-state index contributed by atoms with van der Waals surface area (Å²) in [7, 11) is 0. The lowest BCUT2D eigenvalue weighted by Crippen LogP contribution is -2.36. The van der Waals surface area contributed by atoms with E-state index in [2.05, 4.69) is 10.4 Å². The van der Waals surface area contributed by atoms with Gasteiger partial charge in [0, 0.05) is 24.3 Å².